The van der Waals surface area contributed by atoms with Crippen LogP contribution in [0.1, 0.15) is 22.8 Å². The maximum Gasteiger partial charge on any atom is 0.225 e. The molecule has 66 valence electrons. The SMILES string of the molecule is C=C(C)c1ccc(C(=O)C=O)cc1. The van der Waals surface area contributed by atoms with E-state index in [1.165, 1.54) is 0 Å². The van der Waals surface area contributed by atoms with Gasteiger partial charge in [0.25, 0.3) is 0 Å². The maximum atomic E-state index is 10.9. The fourth-order valence-electron chi connectivity index (χ4n) is 0.987. The molecule has 0 saturated carbocycles. The molecule has 0 heterocycles. The zero-order valence-corrected chi connectivity index (χ0v) is 7.41. The van der Waals surface area contributed by atoms with Gasteiger partial charge in [-0.3, -0.25) is 9.59 Å². The molecular formula is C11H10O2. The number of hydrogen-bond acceptors (Lipinski definition) is 2. The van der Waals surface area contributed by atoms with Crippen molar-refractivity contribution in [1.29, 1.82) is 0 Å². The first-order valence-electron chi connectivity index (χ1n) is 3.90. The highest BCUT2D eigenvalue weighted by molar-refractivity contribution is 6.33. The Labute approximate surface area is 76.9 Å². The van der Waals surface area contributed by atoms with Crippen LogP contribution in [0.3, 0.4) is 0 Å². The molecule has 0 fully saturated rings. The Morgan fingerprint density at radius 3 is 2.08 bits per heavy atom. The summed E-state index contributed by atoms with van der Waals surface area (Å²) in [5, 5.41) is 0. The first-order valence-corrected chi connectivity index (χ1v) is 3.90. The van der Waals surface area contributed by atoms with Gasteiger partial charge in [-0.05, 0) is 12.5 Å². The van der Waals surface area contributed by atoms with Crippen LogP contribution < -0.4 is 0 Å². The fraction of sp³-hybridized carbons (Fsp3) is 0.0909. The number of rotatable bonds is 3. The van der Waals surface area contributed by atoms with Crippen molar-refractivity contribution >= 4 is 17.6 Å². The molecule has 0 aromatic heterocycles. The van der Waals surface area contributed by atoms with Crippen molar-refractivity contribution in [1.82, 2.24) is 0 Å². The lowest BCUT2D eigenvalue weighted by molar-refractivity contribution is -0.104. The summed E-state index contributed by atoms with van der Waals surface area (Å²) in [5.74, 6) is -0.492. The Balaban J connectivity index is 3.00. The molecule has 0 bridgehead atoms. The number of benzene rings is 1. The molecule has 0 aliphatic carbocycles. The standard InChI is InChI=1S/C11H10O2/c1-8(2)9-3-5-10(6-4-9)11(13)7-12/h3-7H,1H2,2H3. The van der Waals surface area contributed by atoms with Crippen LogP contribution in [0, 0.1) is 0 Å². The van der Waals surface area contributed by atoms with Crippen LogP contribution in [0.15, 0.2) is 30.8 Å². The number of aldehydes is 1. The summed E-state index contributed by atoms with van der Waals surface area (Å²) >= 11 is 0. The van der Waals surface area contributed by atoms with E-state index in [0.717, 1.165) is 11.1 Å². The molecule has 1 aromatic rings. The van der Waals surface area contributed by atoms with Gasteiger partial charge in [-0.1, -0.05) is 36.4 Å². The van der Waals surface area contributed by atoms with Crippen molar-refractivity contribution in [2.75, 3.05) is 0 Å². The van der Waals surface area contributed by atoms with Crippen LogP contribution in [0.25, 0.3) is 5.57 Å². The molecule has 0 atom stereocenters. The van der Waals surface area contributed by atoms with Crippen LogP contribution in [0.5, 0.6) is 0 Å². The molecule has 2 nitrogen and oxygen atoms in total. The molecule has 0 saturated heterocycles. The van der Waals surface area contributed by atoms with E-state index < -0.39 is 5.78 Å². The van der Waals surface area contributed by atoms with Gasteiger partial charge < -0.3 is 0 Å². The minimum atomic E-state index is -0.492. The van der Waals surface area contributed by atoms with E-state index >= 15 is 0 Å². The maximum absolute atomic E-state index is 10.9. The van der Waals surface area contributed by atoms with Crippen molar-refractivity contribution in [3.63, 3.8) is 0 Å². The second-order valence-electron chi connectivity index (χ2n) is 2.84. The molecule has 0 radical (unpaired) electrons. The molecule has 2 heteroatoms. The van der Waals surface area contributed by atoms with Crippen molar-refractivity contribution < 1.29 is 9.59 Å². The molecule has 0 amide bonds. The van der Waals surface area contributed by atoms with Crippen LogP contribution in [0.2, 0.25) is 0 Å². The highest BCUT2D eigenvalue weighted by Gasteiger charge is 2.02. The summed E-state index contributed by atoms with van der Waals surface area (Å²) in [6.07, 6.45) is 0.315. The molecular weight excluding hydrogens is 164 g/mol. The summed E-state index contributed by atoms with van der Waals surface area (Å²) in [4.78, 5) is 21.1. The number of ketones is 1. The zero-order valence-electron chi connectivity index (χ0n) is 7.41. The lowest BCUT2D eigenvalue weighted by Crippen LogP contribution is -1.99. The second-order valence-corrected chi connectivity index (χ2v) is 2.84. The van der Waals surface area contributed by atoms with E-state index in [9.17, 15) is 9.59 Å². The molecule has 13 heavy (non-hydrogen) atoms. The smallest absolute Gasteiger partial charge is 0.225 e. The monoisotopic (exact) mass is 174 g/mol. The Morgan fingerprint density at radius 1 is 1.23 bits per heavy atom. The van der Waals surface area contributed by atoms with Crippen LogP contribution in [0.4, 0.5) is 0 Å². The molecule has 1 aromatic carbocycles. The Hall–Kier alpha value is -1.70. The van der Waals surface area contributed by atoms with Crippen molar-refractivity contribution in [2.45, 2.75) is 6.92 Å². The average Bonchev–Trinajstić information content (AvgIpc) is 2.17. The molecule has 0 N–H and O–H groups in total. The average molecular weight is 174 g/mol. The predicted molar refractivity (Wildman–Crippen MR) is 51.5 cm³/mol. The van der Waals surface area contributed by atoms with Crippen molar-refractivity contribution in [3.8, 4) is 0 Å². The Kier molecular flexibility index (Phi) is 2.75. The normalized spacial score (nSPS) is 9.31. The van der Waals surface area contributed by atoms with E-state index in [4.69, 9.17) is 0 Å². The topological polar surface area (TPSA) is 34.1 Å². The number of carbonyl (C=O) groups excluding carboxylic acids is 2. The minimum Gasteiger partial charge on any atom is -0.294 e. The van der Waals surface area contributed by atoms with Gasteiger partial charge in [0.05, 0.1) is 0 Å². The minimum absolute atomic E-state index is 0.315. The number of Topliss-reactive ketones (excluding diaryl/α,β-unsaturated/α-hetero) is 1. The zero-order chi connectivity index (χ0) is 9.84. The largest absolute Gasteiger partial charge is 0.294 e. The highest BCUT2D eigenvalue weighted by Crippen LogP contribution is 2.12. The van der Waals surface area contributed by atoms with Gasteiger partial charge in [-0.25, -0.2) is 0 Å². The van der Waals surface area contributed by atoms with E-state index in [0.29, 0.717) is 11.8 Å². The fourth-order valence-corrected chi connectivity index (χ4v) is 0.987. The van der Waals surface area contributed by atoms with Crippen molar-refractivity contribution in [3.05, 3.63) is 42.0 Å². The third kappa shape index (κ3) is 2.12. The molecule has 1 rings (SSSR count). The van der Waals surface area contributed by atoms with Gasteiger partial charge in [0.1, 0.15) is 0 Å². The highest BCUT2D eigenvalue weighted by atomic mass is 16.2. The first-order chi connectivity index (χ1) is 6.15. The Bertz CT molecular complexity index is 347. The summed E-state index contributed by atoms with van der Waals surface area (Å²) < 4.78 is 0. The van der Waals surface area contributed by atoms with E-state index in [1.807, 2.05) is 6.92 Å². The summed E-state index contributed by atoms with van der Waals surface area (Å²) in [6.45, 7) is 5.65. The summed E-state index contributed by atoms with van der Waals surface area (Å²) in [6, 6.07) is 6.81. The van der Waals surface area contributed by atoms with Crippen LogP contribution in [-0.4, -0.2) is 12.1 Å². The quantitative estimate of drug-likeness (QED) is 0.399. The third-order valence-electron chi connectivity index (χ3n) is 1.77. The van der Waals surface area contributed by atoms with Gasteiger partial charge in [-0.2, -0.15) is 0 Å². The van der Waals surface area contributed by atoms with Crippen LogP contribution in [-0.2, 0) is 4.79 Å². The molecule has 0 unspecified atom stereocenters. The summed E-state index contributed by atoms with van der Waals surface area (Å²) in [5.41, 5.74) is 2.33. The van der Waals surface area contributed by atoms with Gasteiger partial charge >= 0.3 is 0 Å². The number of hydrogen-bond donors (Lipinski definition) is 0. The van der Waals surface area contributed by atoms with E-state index in [1.54, 1.807) is 24.3 Å². The number of allylic oxidation sites excluding steroid dienone is 1. The predicted octanol–water partition coefficient (Wildman–Crippen LogP) is 2.10. The third-order valence-corrected chi connectivity index (χ3v) is 1.77. The first kappa shape index (κ1) is 9.39. The molecule has 0 aliphatic heterocycles. The molecule has 0 spiro atoms. The van der Waals surface area contributed by atoms with Gasteiger partial charge in [0.2, 0.25) is 5.78 Å². The van der Waals surface area contributed by atoms with E-state index in [-0.39, 0.29) is 0 Å². The molecule has 0 aliphatic rings. The second kappa shape index (κ2) is 3.81. The van der Waals surface area contributed by atoms with Gasteiger partial charge in [-0.15, -0.1) is 0 Å². The lowest BCUT2D eigenvalue weighted by atomic mass is 10.1. The van der Waals surface area contributed by atoms with E-state index in [2.05, 4.69) is 6.58 Å². The number of carbonyl (C=O) groups is 2. The Morgan fingerprint density at radius 2 is 1.69 bits per heavy atom. The van der Waals surface area contributed by atoms with Crippen LogP contribution >= 0.6 is 0 Å². The summed E-state index contributed by atoms with van der Waals surface area (Å²) in [7, 11) is 0. The van der Waals surface area contributed by atoms with Gasteiger partial charge in [0, 0.05) is 5.56 Å². The lowest BCUT2D eigenvalue weighted by Gasteiger charge is -1.99. The van der Waals surface area contributed by atoms with Crippen molar-refractivity contribution in [2.24, 2.45) is 0 Å². The van der Waals surface area contributed by atoms with Gasteiger partial charge in [0.15, 0.2) is 6.29 Å².